The zero-order valence-electron chi connectivity index (χ0n) is 6.61. The van der Waals surface area contributed by atoms with E-state index >= 15 is 0 Å². The summed E-state index contributed by atoms with van der Waals surface area (Å²) in [5, 5.41) is 0. The third kappa shape index (κ3) is 12.7. The number of hydrogen-bond acceptors (Lipinski definition) is 12. The Morgan fingerprint density at radius 3 is 0.812 bits per heavy atom. The highest BCUT2D eigenvalue weighted by atomic mass is 127. The fraction of sp³-hybridized carbons (Fsp3) is 0. The summed E-state index contributed by atoms with van der Waals surface area (Å²) in [7, 11) is 0. The third-order valence-electron chi connectivity index (χ3n) is 0.546. The van der Waals surface area contributed by atoms with Gasteiger partial charge in [0.15, 0.2) is 0 Å². The van der Waals surface area contributed by atoms with Crippen LogP contribution in [0.3, 0.4) is 0 Å². The molecule has 0 radical (unpaired) electrons. The summed E-state index contributed by atoms with van der Waals surface area (Å²) in [6.07, 6.45) is 0. The fourth-order valence-electron chi connectivity index (χ4n) is 0.309. The van der Waals surface area contributed by atoms with Gasteiger partial charge in [0.2, 0.25) is 0 Å². The van der Waals surface area contributed by atoms with Crippen molar-refractivity contribution in [3.63, 3.8) is 0 Å². The molecular weight excluding hydrogens is 600 g/mol. The van der Waals surface area contributed by atoms with Crippen molar-refractivity contribution in [1.29, 1.82) is 0 Å². The van der Waals surface area contributed by atoms with Crippen molar-refractivity contribution in [1.82, 2.24) is 0 Å². The van der Waals surface area contributed by atoms with Crippen LogP contribution in [0.25, 0.3) is 0 Å². The molecule has 0 heterocycles. The van der Waals surface area contributed by atoms with E-state index in [4.69, 9.17) is 0 Å². The smallest absolute Gasteiger partial charge is 0.258 e. The molecule has 0 unspecified atom stereocenters. The van der Waals surface area contributed by atoms with Gasteiger partial charge in [-0.15, -0.1) is 0 Å². The molecule has 0 saturated carbocycles. The number of rotatable bonds is 6. The van der Waals surface area contributed by atoms with Gasteiger partial charge in [0.05, 0.1) is 0 Å². The van der Waals surface area contributed by atoms with Gasteiger partial charge in [0.1, 0.15) is 0 Å². The minimum atomic E-state index is -6.54. The lowest BCUT2D eigenvalue weighted by molar-refractivity contribution is -1.93. The van der Waals surface area contributed by atoms with E-state index in [1.165, 1.54) is 0 Å². The molecule has 0 aliphatic carbocycles. The summed E-state index contributed by atoms with van der Waals surface area (Å²) in [5.41, 5.74) is 0. The van der Waals surface area contributed by atoms with E-state index in [1.54, 1.807) is 0 Å². The van der Waals surface area contributed by atoms with Crippen LogP contribution < -0.4 is 91.2 Å². The third-order valence-corrected chi connectivity index (χ3v) is 11.0. The monoisotopic (exact) mass is 600 g/mol. The molecule has 0 aromatic rings. The van der Waals surface area contributed by atoms with Crippen LogP contribution in [0.15, 0.2) is 0 Å². The van der Waals surface area contributed by atoms with Crippen LogP contribution in [0, 0.1) is 0 Å². The second-order valence-corrected chi connectivity index (χ2v) is 13.9. The maximum Gasteiger partial charge on any atom is 1.37 e. The first-order valence-electron chi connectivity index (χ1n) is 2.56. The zero-order valence-corrected chi connectivity index (χ0v) is 14.2. The van der Waals surface area contributed by atoms with Crippen LogP contribution in [-0.4, -0.2) is 15.1 Å². The Kier molecular flexibility index (Phi) is 7.53. The molecule has 0 saturated heterocycles. The van der Waals surface area contributed by atoms with Crippen molar-refractivity contribution >= 4 is 15.1 Å². The molecule has 12 nitrogen and oxygen atoms in total. The van der Waals surface area contributed by atoms with Gasteiger partial charge in [-0.3, -0.25) is 30.9 Å². The average Bonchev–Trinajstić information content (AvgIpc) is 1.70. The van der Waals surface area contributed by atoms with Gasteiger partial charge < -0.3 is 0 Å². The first-order chi connectivity index (χ1) is 6.79. The van der Waals surface area contributed by atoms with Crippen molar-refractivity contribution in [2.45, 2.75) is 0 Å². The van der Waals surface area contributed by atoms with Crippen molar-refractivity contribution in [3.05, 3.63) is 0 Å². The van der Waals surface area contributed by atoms with E-state index in [-0.39, 0.29) is 0 Å². The van der Waals surface area contributed by atoms with Gasteiger partial charge >= 0.3 is 75.4 Å². The van der Waals surface area contributed by atoms with Crippen LogP contribution in [0.2, 0.25) is 0 Å². The van der Waals surface area contributed by atoms with Crippen LogP contribution in [0.5, 0.6) is 0 Å². The second-order valence-electron chi connectivity index (χ2n) is 1.69. The Morgan fingerprint density at radius 1 is 0.500 bits per heavy atom. The summed E-state index contributed by atoms with van der Waals surface area (Å²) >= 11 is -24.3. The summed E-state index contributed by atoms with van der Waals surface area (Å²) < 4.78 is 100. The Balaban J connectivity index is 4.53. The normalized spacial score (nSPS) is 14.1. The molecule has 0 fully saturated rings. The summed E-state index contributed by atoms with van der Waals surface area (Å²) in [6.45, 7) is 0. The molecule has 16 heteroatoms. The molecule has 0 bridgehead atoms. The molecule has 96 valence electrons. The van der Waals surface area contributed by atoms with Gasteiger partial charge in [-0.25, -0.2) is 0 Å². The average molecular weight is 600 g/mol. The Labute approximate surface area is 111 Å². The van der Waals surface area contributed by atoms with E-state index in [0.717, 1.165) is 0 Å². The zero-order chi connectivity index (χ0) is 13.2. The highest BCUT2D eigenvalue weighted by molar-refractivity contribution is 6.34. The number of hydrogen-bond donors (Lipinski definition) is 0. The summed E-state index contributed by atoms with van der Waals surface area (Å²) in [6, 6.07) is 0. The molecule has 16 heavy (non-hydrogen) atoms. The van der Waals surface area contributed by atoms with E-state index in [9.17, 15) is 30.9 Å². The van der Waals surface area contributed by atoms with Crippen LogP contribution in [0.4, 0.5) is 0 Å². The molecule has 0 aliphatic heterocycles. The van der Waals surface area contributed by atoms with E-state index in [1.807, 2.05) is 0 Å². The van der Waals surface area contributed by atoms with Gasteiger partial charge in [-0.05, 0) is 6.35 Å². The molecule has 0 aromatic carbocycles. The highest BCUT2D eigenvalue weighted by Crippen LogP contribution is 1.67. The van der Waals surface area contributed by atoms with Crippen LogP contribution in [-0.2, 0) is 6.35 Å². The minimum Gasteiger partial charge on any atom is -0.258 e. The molecule has 0 amide bonds. The van der Waals surface area contributed by atoms with E-state index < -0.39 is 75.4 Å². The van der Waals surface area contributed by atoms with E-state index in [2.05, 4.69) is 6.35 Å². The Bertz CT molecular complexity index is 170. The predicted octanol–water partition coefficient (Wildman–Crippen LogP) is -20.3. The lowest BCUT2D eigenvalue weighted by Gasteiger charge is -2.10. The molecule has 0 spiro atoms. The summed E-state index contributed by atoms with van der Waals surface area (Å²) in [5.74, 6) is 0. The molecule has 0 aromatic heterocycles. The van der Waals surface area contributed by atoms with Crippen molar-refractivity contribution in [2.24, 2.45) is 0 Å². The van der Waals surface area contributed by atoms with Gasteiger partial charge in [-0.1, -0.05) is 0 Å². The summed E-state index contributed by atoms with van der Waals surface area (Å²) in [4.78, 5) is 0. The fourth-order valence-corrected chi connectivity index (χ4v) is 10.9. The topological polar surface area (TPSA) is 235 Å². The Morgan fingerprint density at radius 2 is 0.688 bits per heavy atom. The molecule has 0 atom stereocenters. The predicted molar refractivity (Wildman–Crippen MR) is 9.01 cm³/mol. The number of halogens is 3. The lowest BCUT2D eigenvalue weighted by atomic mass is 15.7. The van der Waals surface area contributed by atoms with Crippen molar-refractivity contribution in [2.75, 3.05) is 0 Å². The molecule has 0 N–H and O–H groups in total. The highest BCUT2D eigenvalue weighted by Gasteiger charge is 2.79. The van der Waals surface area contributed by atoms with E-state index in [0.29, 0.717) is 0 Å². The SMILES string of the molecule is [O-][I+3]([O-])([O-])[O][Al]([O][I+3]([O-])([O-])[O-])[O][I+3]([O-])([O-])[O-]. The van der Waals surface area contributed by atoms with Gasteiger partial charge in [-0.2, -0.15) is 0 Å². The lowest BCUT2D eigenvalue weighted by Crippen LogP contribution is -4.26. The maximum atomic E-state index is 10.0. The quantitative estimate of drug-likeness (QED) is 0.204. The first-order valence-corrected chi connectivity index (χ1v) is 14.5. The van der Waals surface area contributed by atoms with Crippen LogP contribution in [0.1, 0.15) is 0 Å². The molecule has 0 rings (SSSR count). The van der Waals surface area contributed by atoms with Gasteiger partial charge in [0, 0.05) is 0 Å². The second kappa shape index (κ2) is 6.61. The standard InChI is InChI=1S/Al.3IO4/c;3*2-1(3,4)5/q+3;3*-1. The molecule has 0 aliphatic rings. The minimum absolute atomic E-state index is 3.29. The van der Waals surface area contributed by atoms with Gasteiger partial charge in [0.25, 0.3) is 0 Å². The Hall–Kier alpha value is 2.24. The van der Waals surface area contributed by atoms with Crippen molar-refractivity contribution < 1.29 is 97.6 Å². The molecular formula is AlI3O12. The largest absolute Gasteiger partial charge is 1.37 e. The first kappa shape index (κ1) is 18.2. The maximum absolute atomic E-state index is 10.0. The van der Waals surface area contributed by atoms with Crippen molar-refractivity contribution in [3.8, 4) is 0 Å². The van der Waals surface area contributed by atoms with Crippen LogP contribution >= 0.6 is 0 Å².